The van der Waals surface area contributed by atoms with Crippen molar-refractivity contribution in [3.05, 3.63) is 95.3 Å². The number of amides is 2. The lowest BCUT2D eigenvalue weighted by Crippen LogP contribution is -2.23. The number of rotatable bonds is 5. The molecule has 5 heteroatoms. The summed E-state index contributed by atoms with van der Waals surface area (Å²) in [5, 5.41) is 5.68. The lowest BCUT2D eigenvalue weighted by Gasteiger charge is -2.09. The number of carbonyl (C=O) groups is 2. The third kappa shape index (κ3) is 4.33. The zero-order valence-electron chi connectivity index (χ0n) is 14.4. The number of hydrogen-bond acceptors (Lipinski definition) is 3. The summed E-state index contributed by atoms with van der Waals surface area (Å²) in [6.07, 6.45) is 1.68. The number of aryl methyl sites for hydroxylation is 1. The molecule has 0 atom stereocenters. The molecule has 3 aromatic rings. The summed E-state index contributed by atoms with van der Waals surface area (Å²) in [6, 6.07) is 19.7. The monoisotopic (exact) mass is 345 g/mol. The van der Waals surface area contributed by atoms with Crippen molar-refractivity contribution in [3.8, 4) is 0 Å². The SMILES string of the molecule is Cc1ccccc1NC(=O)c1ccc(C(=O)NCc2ccccn2)cc1. The van der Waals surface area contributed by atoms with Crippen LogP contribution in [0.15, 0.2) is 72.9 Å². The highest BCUT2D eigenvalue weighted by molar-refractivity contribution is 6.05. The van der Waals surface area contributed by atoms with Crippen LogP contribution in [0.2, 0.25) is 0 Å². The second-order valence-corrected chi connectivity index (χ2v) is 5.85. The zero-order chi connectivity index (χ0) is 18.4. The molecule has 0 aliphatic rings. The minimum atomic E-state index is -0.209. The Morgan fingerprint density at radius 2 is 1.50 bits per heavy atom. The van der Waals surface area contributed by atoms with Gasteiger partial charge in [-0.05, 0) is 55.0 Å². The average molecular weight is 345 g/mol. The summed E-state index contributed by atoms with van der Waals surface area (Å²) < 4.78 is 0. The molecule has 0 radical (unpaired) electrons. The van der Waals surface area contributed by atoms with Crippen LogP contribution >= 0.6 is 0 Å². The Morgan fingerprint density at radius 3 is 2.15 bits per heavy atom. The van der Waals surface area contributed by atoms with E-state index in [4.69, 9.17) is 0 Å². The van der Waals surface area contributed by atoms with Crippen molar-refractivity contribution in [2.75, 3.05) is 5.32 Å². The summed E-state index contributed by atoms with van der Waals surface area (Å²) >= 11 is 0. The molecule has 0 aliphatic carbocycles. The van der Waals surface area contributed by atoms with Gasteiger partial charge in [0.05, 0.1) is 12.2 Å². The van der Waals surface area contributed by atoms with Crippen LogP contribution in [0.4, 0.5) is 5.69 Å². The highest BCUT2D eigenvalue weighted by Gasteiger charge is 2.10. The predicted octanol–water partition coefficient (Wildman–Crippen LogP) is 3.57. The second kappa shape index (κ2) is 8.07. The predicted molar refractivity (Wildman–Crippen MR) is 101 cm³/mol. The molecule has 3 rings (SSSR count). The first-order valence-corrected chi connectivity index (χ1v) is 8.28. The van der Waals surface area contributed by atoms with Gasteiger partial charge >= 0.3 is 0 Å². The summed E-state index contributed by atoms with van der Waals surface area (Å²) in [7, 11) is 0. The van der Waals surface area contributed by atoms with Crippen LogP contribution in [0.25, 0.3) is 0 Å². The number of nitrogens with one attached hydrogen (secondary N) is 2. The number of carbonyl (C=O) groups excluding carboxylic acids is 2. The fourth-order valence-electron chi connectivity index (χ4n) is 2.46. The highest BCUT2D eigenvalue weighted by Crippen LogP contribution is 2.15. The molecule has 0 bridgehead atoms. The Hall–Kier alpha value is -3.47. The van der Waals surface area contributed by atoms with Gasteiger partial charge in [-0.1, -0.05) is 24.3 Å². The molecule has 2 aromatic carbocycles. The Bertz CT molecular complexity index is 906. The van der Waals surface area contributed by atoms with E-state index >= 15 is 0 Å². The first-order chi connectivity index (χ1) is 12.6. The van der Waals surface area contributed by atoms with Gasteiger partial charge in [-0.15, -0.1) is 0 Å². The summed E-state index contributed by atoms with van der Waals surface area (Å²) in [6.45, 7) is 2.29. The lowest BCUT2D eigenvalue weighted by molar-refractivity contribution is 0.0948. The molecule has 1 heterocycles. The van der Waals surface area contributed by atoms with Gasteiger partial charge < -0.3 is 10.6 Å². The van der Waals surface area contributed by atoms with E-state index in [-0.39, 0.29) is 11.8 Å². The maximum absolute atomic E-state index is 12.3. The third-order valence-corrected chi connectivity index (χ3v) is 3.96. The van der Waals surface area contributed by atoms with Crippen LogP contribution in [0.1, 0.15) is 32.0 Å². The minimum Gasteiger partial charge on any atom is -0.346 e. The van der Waals surface area contributed by atoms with Crippen molar-refractivity contribution in [2.45, 2.75) is 13.5 Å². The molecule has 5 nitrogen and oxygen atoms in total. The van der Waals surface area contributed by atoms with Gasteiger partial charge in [0.25, 0.3) is 11.8 Å². The third-order valence-electron chi connectivity index (χ3n) is 3.96. The number of anilines is 1. The van der Waals surface area contributed by atoms with Gasteiger partial charge in [0.1, 0.15) is 0 Å². The van der Waals surface area contributed by atoms with E-state index in [0.717, 1.165) is 16.9 Å². The van der Waals surface area contributed by atoms with Gasteiger partial charge in [0, 0.05) is 23.0 Å². The molecule has 0 aliphatic heterocycles. The summed E-state index contributed by atoms with van der Waals surface area (Å²) in [5.74, 6) is -0.416. The van der Waals surface area contributed by atoms with Crippen LogP contribution in [0, 0.1) is 6.92 Å². The fourth-order valence-corrected chi connectivity index (χ4v) is 2.46. The Labute approximate surface area is 152 Å². The van der Waals surface area contributed by atoms with E-state index in [1.165, 1.54) is 0 Å². The highest BCUT2D eigenvalue weighted by atomic mass is 16.2. The van der Waals surface area contributed by atoms with E-state index in [9.17, 15) is 9.59 Å². The molecule has 26 heavy (non-hydrogen) atoms. The summed E-state index contributed by atoms with van der Waals surface area (Å²) in [5.41, 5.74) is 3.54. The standard InChI is InChI=1S/C21H19N3O2/c1-15-6-2-3-8-19(15)24-21(26)17-11-9-16(10-12-17)20(25)23-14-18-7-4-5-13-22-18/h2-13H,14H2,1H3,(H,23,25)(H,24,26). The molecule has 130 valence electrons. The van der Waals surface area contributed by atoms with Crippen molar-refractivity contribution in [1.82, 2.24) is 10.3 Å². The zero-order valence-corrected chi connectivity index (χ0v) is 14.4. The van der Waals surface area contributed by atoms with Crippen LogP contribution in [0.5, 0.6) is 0 Å². The normalized spacial score (nSPS) is 10.2. The topological polar surface area (TPSA) is 71.1 Å². The molecule has 0 unspecified atom stereocenters. The number of aromatic nitrogens is 1. The molecule has 2 N–H and O–H groups in total. The van der Waals surface area contributed by atoms with Gasteiger partial charge in [-0.3, -0.25) is 14.6 Å². The molecular formula is C21H19N3O2. The Balaban J connectivity index is 1.61. The first kappa shape index (κ1) is 17.4. The molecule has 0 spiro atoms. The number of nitrogens with zero attached hydrogens (tertiary/aromatic N) is 1. The molecule has 0 fully saturated rings. The fraction of sp³-hybridized carbons (Fsp3) is 0.0952. The molecule has 0 saturated carbocycles. The van der Waals surface area contributed by atoms with Crippen molar-refractivity contribution in [1.29, 1.82) is 0 Å². The van der Waals surface area contributed by atoms with Crippen LogP contribution in [-0.2, 0) is 6.54 Å². The van der Waals surface area contributed by atoms with Gasteiger partial charge in [0.2, 0.25) is 0 Å². The summed E-state index contributed by atoms with van der Waals surface area (Å²) in [4.78, 5) is 28.7. The van der Waals surface area contributed by atoms with Gasteiger partial charge in [0.15, 0.2) is 0 Å². The van der Waals surface area contributed by atoms with E-state index in [1.54, 1.807) is 30.5 Å². The van der Waals surface area contributed by atoms with Gasteiger partial charge in [-0.2, -0.15) is 0 Å². The van der Waals surface area contributed by atoms with Crippen molar-refractivity contribution in [2.24, 2.45) is 0 Å². The largest absolute Gasteiger partial charge is 0.346 e. The molecule has 2 amide bonds. The smallest absolute Gasteiger partial charge is 0.255 e. The number of hydrogen-bond donors (Lipinski definition) is 2. The van der Waals surface area contributed by atoms with E-state index in [2.05, 4.69) is 15.6 Å². The van der Waals surface area contributed by atoms with Crippen LogP contribution in [0.3, 0.4) is 0 Å². The van der Waals surface area contributed by atoms with Crippen LogP contribution in [-0.4, -0.2) is 16.8 Å². The molecular weight excluding hydrogens is 326 g/mol. The van der Waals surface area contributed by atoms with E-state index < -0.39 is 0 Å². The Kier molecular flexibility index (Phi) is 5.39. The maximum atomic E-state index is 12.3. The minimum absolute atomic E-state index is 0.207. The van der Waals surface area contributed by atoms with Crippen LogP contribution < -0.4 is 10.6 Å². The van der Waals surface area contributed by atoms with Gasteiger partial charge in [-0.25, -0.2) is 0 Å². The number of pyridine rings is 1. The number of para-hydroxylation sites is 1. The lowest BCUT2D eigenvalue weighted by atomic mass is 10.1. The molecule has 0 saturated heterocycles. The van der Waals surface area contributed by atoms with Crippen molar-refractivity contribution < 1.29 is 9.59 Å². The van der Waals surface area contributed by atoms with E-state index in [0.29, 0.717) is 17.7 Å². The first-order valence-electron chi connectivity index (χ1n) is 8.28. The maximum Gasteiger partial charge on any atom is 0.255 e. The quantitative estimate of drug-likeness (QED) is 0.742. The van der Waals surface area contributed by atoms with E-state index in [1.807, 2.05) is 49.4 Å². The number of benzene rings is 2. The average Bonchev–Trinajstić information content (AvgIpc) is 2.69. The van der Waals surface area contributed by atoms with Crippen molar-refractivity contribution >= 4 is 17.5 Å². The Morgan fingerprint density at radius 1 is 0.846 bits per heavy atom. The second-order valence-electron chi connectivity index (χ2n) is 5.85. The van der Waals surface area contributed by atoms with Crippen molar-refractivity contribution in [3.63, 3.8) is 0 Å². The molecule has 1 aromatic heterocycles.